The van der Waals surface area contributed by atoms with Crippen molar-refractivity contribution in [1.29, 1.82) is 0 Å². The monoisotopic (exact) mass is 347 g/mol. The Balaban J connectivity index is 2.41. The molecule has 0 saturated carbocycles. The third-order valence-corrected chi connectivity index (χ3v) is 4.82. The van der Waals surface area contributed by atoms with E-state index in [1.165, 1.54) is 10.9 Å². The molecule has 0 radical (unpaired) electrons. The SMILES string of the molecule is CCNC(c1ccc(F)c(Cl)c1)c1sccc1Br. The summed E-state index contributed by atoms with van der Waals surface area (Å²) in [5.41, 5.74) is 0.964. The maximum Gasteiger partial charge on any atom is 0.141 e. The van der Waals surface area contributed by atoms with E-state index < -0.39 is 0 Å². The zero-order valence-electron chi connectivity index (χ0n) is 9.71. The van der Waals surface area contributed by atoms with Crippen LogP contribution in [0, 0.1) is 5.82 Å². The minimum Gasteiger partial charge on any atom is -0.306 e. The first-order valence-electron chi connectivity index (χ1n) is 5.54. The van der Waals surface area contributed by atoms with Crippen molar-refractivity contribution >= 4 is 38.9 Å². The second kappa shape index (κ2) is 6.15. The van der Waals surface area contributed by atoms with Crippen LogP contribution in [0.3, 0.4) is 0 Å². The summed E-state index contributed by atoms with van der Waals surface area (Å²) in [5.74, 6) is -0.388. The highest BCUT2D eigenvalue weighted by atomic mass is 79.9. The third-order valence-electron chi connectivity index (χ3n) is 2.59. The van der Waals surface area contributed by atoms with E-state index in [-0.39, 0.29) is 16.9 Å². The number of hydrogen-bond donors (Lipinski definition) is 1. The van der Waals surface area contributed by atoms with E-state index in [0.29, 0.717) is 0 Å². The summed E-state index contributed by atoms with van der Waals surface area (Å²) in [5, 5.41) is 5.57. The molecule has 1 nitrogen and oxygen atoms in total. The summed E-state index contributed by atoms with van der Waals surface area (Å²) < 4.78 is 14.3. The van der Waals surface area contributed by atoms with Gasteiger partial charge in [0.1, 0.15) is 5.82 Å². The lowest BCUT2D eigenvalue weighted by molar-refractivity contribution is 0.617. The molecule has 96 valence electrons. The maximum atomic E-state index is 13.2. The van der Waals surface area contributed by atoms with Crippen molar-refractivity contribution in [2.75, 3.05) is 6.54 Å². The highest BCUT2D eigenvalue weighted by Gasteiger charge is 2.18. The van der Waals surface area contributed by atoms with Crippen molar-refractivity contribution in [3.8, 4) is 0 Å². The summed E-state index contributed by atoms with van der Waals surface area (Å²) >= 11 is 11.0. The van der Waals surface area contributed by atoms with Gasteiger partial charge in [0.05, 0.1) is 11.1 Å². The largest absolute Gasteiger partial charge is 0.306 e. The Bertz CT molecular complexity index is 544. The van der Waals surface area contributed by atoms with Crippen LogP contribution in [0.1, 0.15) is 23.4 Å². The van der Waals surface area contributed by atoms with Gasteiger partial charge in [0.2, 0.25) is 0 Å². The molecule has 0 saturated heterocycles. The van der Waals surface area contributed by atoms with Gasteiger partial charge in [-0.3, -0.25) is 0 Å². The van der Waals surface area contributed by atoms with E-state index in [1.807, 2.05) is 18.4 Å². The van der Waals surface area contributed by atoms with Crippen LogP contribution in [-0.4, -0.2) is 6.54 Å². The smallest absolute Gasteiger partial charge is 0.141 e. The number of thiophene rings is 1. The Kier molecular flexibility index (Phi) is 4.78. The van der Waals surface area contributed by atoms with Crippen molar-refractivity contribution in [2.24, 2.45) is 0 Å². The van der Waals surface area contributed by atoms with Crippen molar-refractivity contribution in [2.45, 2.75) is 13.0 Å². The molecular formula is C13H12BrClFNS. The van der Waals surface area contributed by atoms with E-state index in [0.717, 1.165) is 16.6 Å². The van der Waals surface area contributed by atoms with Gasteiger partial charge >= 0.3 is 0 Å². The highest BCUT2D eigenvalue weighted by Crippen LogP contribution is 2.34. The van der Waals surface area contributed by atoms with Crippen molar-refractivity contribution in [1.82, 2.24) is 5.32 Å². The molecule has 1 atom stereocenters. The second-order valence-electron chi connectivity index (χ2n) is 3.80. The topological polar surface area (TPSA) is 12.0 Å². The van der Waals surface area contributed by atoms with Crippen LogP contribution in [0.25, 0.3) is 0 Å². The lowest BCUT2D eigenvalue weighted by atomic mass is 10.1. The molecule has 1 N–H and O–H groups in total. The van der Waals surface area contributed by atoms with Gasteiger partial charge in [-0.25, -0.2) is 4.39 Å². The quantitative estimate of drug-likeness (QED) is 0.819. The molecule has 1 aromatic heterocycles. The number of nitrogens with one attached hydrogen (secondary N) is 1. The van der Waals surface area contributed by atoms with Crippen LogP contribution < -0.4 is 5.32 Å². The average Bonchev–Trinajstić information content (AvgIpc) is 2.76. The Morgan fingerprint density at radius 2 is 2.22 bits per heavy atom. The fraction of sp³-hybridized carbons (Fsp3) is 0.231. The normalized spacial score (nSPS) is 12.7. The van der Waals surface area contributed by atoms with Gasteiger partial charge in [-0.05, 0) is 51.6 Å². The first-order valence-corrected chi connectivity index (χ1v) is 7.59. The molecule has 0 aliphatic rings. The van der Waals surface area contributed by atoms with Gasteiger partial charge in [-0.2, -0.15) is 0 Å². The summed E-state index contributed by atoms with van der Waals surface area (Å²) in [6.07, 6.45) is 0. The number of rotatable bonds is 4. The van der Waals surface area contributed by atoms with E-state index >= 15 is 0 Å². The molecular weight excluding hydrogens is 337 g/mol. The molecule has 0 amide bonds. The van der Waals surface area contributed by atoms with Crippen LogP contribution in [0.4, 0.5) is 4.39 Å². The third kappa shape index (κ3) is 2.94. The first-order chi connectivity index (χ1) is 8.63. The summed E-state index contributed by atoms with van der Waals surface area (Å²) in [6.45, 7) is 2.86. The molecule has 2 aromatic rings. The molecule has 1 unspecified atom stereocenters. The van der Waals surface area contributed by atoms with Crippen molar-refractivity contribution in [3.63, 3.8) is 0 Å². The molecule has 0 aliphatic heterocycles. The Hall–Kier alpha value is -0.420. The van der Waals surface area contributed by atoms with E-state index in [1.54, 1.807) is 23.5 Å². The lowest BCUT2D eigenvalue weighted by Crippen LogP contribution is -2.21. The van der Waals surface area contributed by atoms with E-state index in [9.17, 15) is 4.39 Å². The molecule has 18 heavy (non-hydrogen) atoms. The summed E-state index contributed by atoms with van der Waals surface area (Å²) in [4.78, 5) is 1.17. The molecule has 0 aliphatic carbocycles. The summed E-state index contributed by atoms with van der Waals surface area (Å²) in [7, 11) is 0. The molecule has 1 heterocycles. The number of halogens is 3. The maximum absolute atomic E-state index is 13.2. The van der Waals surface area contributed by atoms with Crippen LogP contribution in [-0.2, 0) is 0 Å². The second-order valence-corrected chi connectivity index (χ2v) is 6.01. The number of hydrogen-bond acceptors (Lipinski definition) is 2. The average molecular weight is 349 g/mol. The van der Waals surface area contributed by atoms with E-state index in [2.05, 4.69) is 21.2 Å². The van der Waals surface area contributed by atoms with Gasteiger partial charge in [-0.15, -0.1) is 11.3 Å². The zero-order valence-corrected chi connectivity index (χ0v) is 12.9. The highest BCUT2D eigenvalue weighted by molar-refractivity contribution is 9.10. The van der Waals surface area contributed by atoms with Crippen LogP contribution in [0.15, 0.2) is 34.1 Å². The lowest BCUT2D eigenvalue weighted by Gasteiger charge is -2.18. The van der Waals surface area contributed by atoms with Crippen molar-refractivity contribution in [3.05, 3.63) is 55.4 Å². The molecule has 0 fully saturated rings. The van der Waals surface area contributed by atoms with Crippen molar-refractivity contribution < 1.29 is 4.39 Å². The fourth-order valence-corrected chi connectivity index (χ4v) is 3.66. The van der Waals surface area contributed by atoms with Crippen LogP contribution in [0.5, 0.6) is 0 Å². The standard InChI is InChI=1S/C13H12BrClFNS/c1-2-17-12(13-9(14)5-6-18-13)8-3-4-11(16)10(15)7-8/h3-7,12,17H,2H2,1H3. The Morgan fingerprint density at radius 1 is 1.44 bits per heavy atom. The molecule has 1 aromatic carbocycles. The molecule has 5 heteroatoms. The zero-order chi connectivity index (χ0) is 13.1. The van der Waals surface area contributed by atoms with Crippen LogP contribution >= 0.6 is 38.9 Å². The van der Waals surface area contributed by atoms with Gasteiger partial charge in [0.25, 0.3) is 0 Å². The number of benzene rings is 1. The molecule has 0 spiro atoms. The molecule has 2 rings (SSSR count). The van der Waals surface area contributed by atoms with Gasteiger partial charge < -0.3 is 5.32 Å². The predicted molar refractivity (Wildman–Crippen MR) is 78.9 cm³/mol. The van der Waals surface area contributed by atoms with Gasteiger partial charge in [0.15, 0.2) is 0 Å². The van der Waals surface area contributed by atoms with Gasteiger partial charge in [-0.1, -0.05) is 24.6 Å². The summed E-state index contributed by atoms with van der Waals surface area (Å²) in [6, 6.07) is 6.89. The Morgan fingerprint density at radius 3 is 2.78 bits per heavy atom. The van der Waals surface area contributed by atoms with E-state index in [4.69, 9.17) is 11.6 Å². The predicted octanol–water partition coefficient (Wildman–Crippen LogP) is 5.00. The Labute approximate surface area is 123 Å². The van der Waals surface area contributed by atoms with Gasteiger partial charge in [0, 0.05) is 9.35 Å². The first kappa shape index (κ1) is 14.0. The molecule has 0 bridgehead atoms. The fourth-order valence-electron chi connectivity index (χ4n) is 1.77. The minimum atomic E-state index is -0.388. The minimum absolute atomic E-state index is 0.0301. The van der Waals surface area contributed by atoms with Crippen LogP contribution in [0.2, 0.25) is 5.02 Å².